The molecule has 31 heavy (non-hydrogen) atoms. The molecule has 7 nitrogen and oxygen atoms in total. The van der Waals surface area contributed by atoms with E-state index in [0.717, 1.165) is 5.56 Å². The molecule has 0 saturated carbocycles. The predicted octanol–water partition coefficient (Wildman–Crippen LogP) is 4.17. The Balaban J connectivity index is 1.78. The lowest BCUT2D eigenvalue weighted by Crippen LogP contribution is -2.33. The van der Waals surface area contributed by atoms with Crippen LogP contribution in [0.2, 0.25) is 5.15 Å². The molecule has 1 amide bonds. The number of aromatic nitrogens is 2. The summed E-state index contributed by atoms with van der Waals surface area (Å²) in [6.45, 7) is 5.77. The van der Waals surface area contributed by atoms with Crippen molar-refractivity contribution in [3.05, 3.63) is 76.6 Å². The fourth-order valence-electron chi connectivity index (χ4n) is 3.02. The van der Waals surface area contributed by atoms with Crippen molar-refractivity contribution in [2.45, 2.75) is 38.3 Å². The van der Waals surface area contributed by atoms with Crippen LogP contribution in [0.1, 0.15) is 35.5 Å². The summed E-state index contributed by atoms with van der Waals surface area (Å²) in [5, 5.41) is 7.40. The van der Waals surface area contributed by atoms with Crippen molar-refractivity contribution in [1.82, 2.24) is 14.1 Å². The third kappa shape index (κ3) is 4.98. The highest BCUT2D eigenvalue weighted by molar-refractivity contribution is 7.89. The van der Waals surface area contributed by atoms with E-state index in [4.69, 9.17) is 11.6 Å². The number of nitrogens with zero attached hydrogens (tertiary/aromatic N) is 3. The fraction of sp³-hybridized carbons (Fsp3) is 0.273. The third-order valence-corrected chi connectivity index (χ3v) is 7.42. The quantitative estimate of drug-likeness (QED) is 0.573. The Hall–Kier alpha value is -2.68. The van der Waals surface area contributed by atoms with Gasteiger partial charge in [0.2, 0.25) is 10.0 Å². The molecular weight excluding hydrogens is 436 g/mol. The summed E-state index contributed by atoms with van der Waals surface area (Å²) in [5.41, 5.74) is 2.27. The summed E-state index contributed by atoms with van der Waals surface area (Å²) in [5.74, 6) is -0.406. The first-order valence-corrected chi connectivity index (χ1v) is 11.6. The normalized spacial score (nSPS) is 11.8. The molecule has 3 rings (SSSR count). The topological polar surface area (TPSA) is 84.3 Å². The first-order valence-electron chi connectivity index (χ1n) is 9.77. The Morgan fingerprint density at radius 2 is 1.74 bits per heavy atom. The number of carbonyl (C=O) groups is 1. The summed E-state index contributed by atoms with van der Waals surface area (Å²) in [6, 6.07) is 15.6. The lowest BCUT2D eigenvalue weighted by molar-refractivity contribution is 0.102. The Labute approximate surface area is 187 Å². The zero-order chi connectivity index (χ0) is 22.8. The molecule has 164 valence electrons. The standard InChI is InChI=1S/C22H25ClN4O3S/c1-15(2)26(4)31(29,30)19-12-10-18(11-13-19)24-22(28)20-16(3)25-27(21(20)23)14-17-8-6-5-7-9-17/h5-13,15H,14H2,1-4H3,(H,24,28). The first kappa shape index (κ1) is 23.0. The van der Waals surface area contributed by atoms with Crippen LogP contribution in [0.5, 0.6) is 0 Å². The molecule has 0 atom stereocenters. The van der Waals surface area contributed by atoms with E-state index in [1.54, 1.807) is 37.6 Å². The molecule has 0 saturated heterocycles. The number of sulfonamides is 1. The van der Waals surface area contributed by atoms with Gasteiger partial charge in [0.1, 0.15) is 5.15 Å². The number of anilines is 1. The van der Waals surface area contributed by atoms with Crippen LogP contribution in [-0.2, 0) is 16.6 Å². The van der Waals surface area contributed by atoms with Crippen LogP contribution in [-0.4, -0.2) is 41.5 Å². The molecule has 9 heteroatoms. The Morgan fingerprint density at radius 3 is 2.32 bits per heavy atom. The zero-order valence-corrected chi connectivity index (χ0v) is 19.4. The second-order valence-electron chi connectivity index (χ2n) is 7.49. The van der Waals surface area contributed by atoms with Crippen LogP contribution in [0, 0.1) is 6.92 Å². The molecule has 1 aromatic heterocycles. The summed E-state index contributed by atoms with van der Waals surface area (Å²) in [4.78, 5) is 13.0. The molecule has 0 spiro atoms. The summed E-state index contributed by atoms with van der Waals surface area (Å²) in [6.07, 6.45) is 0. The molecule has 1 heterocycles. The number of nitrogens with one attached hydrogen (secondary N) is 1. The maximum absolute atomic E-state index is 12.8. The maximum atomic E-state index is 12.8. The average Bonchev–Trinajstić information content (AvgIpc) is 3.01. The van der Waals surface area contributed by atoms with Gasteiger partial charge in [0.15, 0.2) is 0 Å². The van der Waals surface area contributed by atoms with E-state index in [2.05, 4.69) is 10.4 Å². The largest absolute Gasteiger partial charge is 0.322 e. The van der Waals surface area contributed by atoms with Crippen LogP contribution >= 0.6 is 11.6 Å². The van der Waals surface area contributed by atoms with Gasteiger partial charge in [-0.15, -0.1) is 0 Å². The number of carbonyl (C=O) groups excluding carboxylic acids is 1. The predicted molar refractivity (Wildman–Crippen MR) is 122 cm³/mol. The molecule has 3 aromatic rings. The molecule has 0 unspecified atom stereocenters. The highest BCUT2D eigenvalue weighted by Crippen LogP contribution is 2.24. The van der Waals surface area contributed by atoms with Gasteiger partial charge in [0, 0.05) is 18.8 Å². The van der Waals surface area contributed by atoms with Crippen LogP contribution in [0.3, 0.4) is 0 Å². The van der Waals surface area contributed by atoms with Gasteiger partial charge < -0.3 is 5.32 Å². The van der Waals surface area contributed by atoms with E-state index < -0.39 is 15.9 Å². The van der Waals surface area contributed by atoms with E-state index in [9.17, 15) is 13.2 Å². The number of halogens is 1. The van der Waals surface area contributed by atoms with Crippen molar-refractivity contribution in [2.75, 3.05) is 12.4 Å². The molecule has 0 aliphatic carbocycles. The first-order chi connectivity index (χ1) is 14.6. The second kappa shape index (κ2) is 9.21. The number of aryl methyl sites for hydroxylation is 1. The van der Waals surface area contributed by atoms with Gasteiger partial charge in [-0.3, -0.25) is 4.79 Å². The number of hydrogen-bond acceptors (Lipinski definition) is 4. The van der Waals surface area contributed by atoms with Crippen molar-refractivity contribution in [2.24, 2.45) is 0 Å². The van der Waals surface area contributed by atoms with Crippen LogP contribution < -0.4 is 5.32 Å². The molecule has 0 aliphatic rings. The summed E-state index contributed by atoms with van der Waals surface area (Å²) in [7, 11) is -2.05. The molecule has 0 aliphatic heterocycles. The number of rotatable bonds is 7. The van der Waals surface area contributed by atoms with E-state index in [0.29, 0.717) is 17.9 Å². The van der Waals surface area contributed by atoms with Gasteiger partial charge in [-0.05, 0) is 50.6 Å². The monoisotopic (exact) mass is 460 g/mol. The van der Waals surface area contributed by atoms with Crippen molar-refractivity contribution in [1.29, 1.82) is 0 Å². The zero-order valence-electron chi connectivity index (χ0n) is 17.8. The third-order valence-electron chi connectivity index (χ3n) is 4.98. The van der Waals surface area contributed by atoms with Crippen molar-refractivity contribution >= 4 is 33.2 Å². The Morgan fingerprint density at radius 1 is 1.13 bits per heavy atom. The minimum atomic E-state index is -3.59. The maximum Gasteiger partial charge on any atom is 0.260 e. The highest BCUT2D eigenvalue weighted by atomic mass is 35.5. The van der Waals surface area contributed by atoms with E-state index in [1.807, 2.05) is 30.3 Å². The van der Waals surface area contributed by atoms with Crippen molar-refractivity contribution in [3.8, 4) is 0 Å². The highest BCUT2D eigenvalue weighted by Gasteiger charge is 2.24. The van der Waals surface area contributed by atoms with Gasteiger partial charge >= 0.3 is 0 Å². The smallest absolute Gasteiger partial charge is 0.260 e. The summed E-state index contributed by atoms with van der Waals surface area (Å²) < 4.78 is 28.0. The van der Waals surface area contributed by atoms with Crippen LogP contribution in [0.4, 0.5) is 5.69 Å². The van der Waals surface area contributed by atoms with Gasteiger partial charge in [0.25, 0.3) is 5.91 Å². The number of amides is 1. The second-order valence-corrected chi connectivity index (χ2v) is 9.84. The molecular formula is C22H25ClN4O3S. The van der Waals surface area contributed by atoms with Crippen LogP contribution in [0.15, 0.2) is 59.5 Å². The van der Waals surface area contributed by atoms with Gasteiger partial charge in [-0.25, -0.2) is 13.1 Å². The van der Waals surface area contributed by atoms with E-state index in [1.165, 1.54) is 23.5 Å². The average molecular weight is 461 g/mol. The van der Waals surface area contributed by atoms with E-state index in [-0.39, 0.29) is 21.7 Å². The minimum Gasteiger partial charge on any atom is -0.322 e. The molecule has 0 radical (unpaired) electrons. The Bertz CT molecular complexity index is 1170. The number of hydrogen-bond donors (Lipinski definition) is 1. The fourth-order valence-corrected chi connectivity index (χ4v) is 4.71. The van der Waals surface area contributed by atoms with Gasteiger partial charge in [-0.2, -0.15) is 9.40 Å². The van der Waals surface area contributed by atoms with Gasteiger partial charge in [-0.1, -0.05) is 41.9 Å². The minimum absolute atomic E-state index is 0.159. The lowest BCUT2D eigenvalue weighted by atomic mass is 10.2. The Kier molecular flexibility index (Phi) is 6.83. The van der Waals surface area contributed by atoms with Crippen molar-refractivity contribution < 1.29 is 13.2 Å². The lowest BCUT2D eigenvalue weighted by Gasteiger charge is -2.21. The molecule has 2 aromatic carbocycles. The molecule has 1 N–H and O–H groups in total. The molecule has 0 fully saturated rings. The van der Waals surface area contributed by atoms with Crippen LogP contribution in [0.25, 0.3) is 0 Å². The number of benzene rings is 2. The SMILES string of the molecule is Cc1nn(Cc2ccccc2)c(Cl)c1C(=O)Nc1ccc(S(=O)(=O)N(C)C(C)C)cc1. The summed E-state index contributed by atoms with van der Waals surface area (Å²) >= 11 is 6.44. The van der Waals surface area contributed by atoms with Gasteiger partial charge in [0.05, 0.1) is 22.7 Å². The van der Waals surface area contributed by atoms with Crippen molar-refractivity contribution in [3.63, 3.8) is 0 Å². The molecule has 0 bridgehead atoms. The van der Waals surface area contributed by atoms with E-state index >= 15 is 0 Å².